The summed E-state index contributed by atoms with van der Waals surface area (Å²) in [5, 5.41) is 0. The summed E-state index contributed by atoms with van der Waals surface area (Å²) in [6.07, 6.45) is 0. The average Bonchev–Trinajstić information content (AvgIpc) is 3.78. The van der Waals surface area contributed by atoms with Crippen LogP contribution in [-0.4, -0.2) is 37.5 Å². The molecule has 1 aliphatic carbocycles. The molecule has 0 N–H and O–H groups in total. The Labute approximate surface area is 408 Å². The number of carbonyl (C=O) groups excluding carboxylic acids is 4. The van der Waals surface area contributed by atoms with Gasteiger partial charge in [-0.25, -0.2) is 4.90 Å². The molecule has 8 aromatic rings. The minimum Gasteiger partial charge on any atom is -0.457 e. The smallest absolute Gasteiger partial charge is 0.266 e. The molecule has 0 saturated carbocycles. The van der Waals surface area contributed by atoms with Gasteiger partial charge in [0.2, 0.25) is 0 Å². The lowest BCUT2D eigenvalue weighted by atomic mass is 9.67. The number of ether oxygens (including phenoxy) is 2. The molecule has 0 radical (unpaired) electrons. The first-order valence-corrected chi connectivity index (χ1v) is 23.4. The summed E-state index contributed by atoms with van der Waals surface area (Å²) >= 11 is 0. The first-order chi connectivity index (χ1) is 33.6. The zero-order chi connectivity index (χ0) is 49.2. The molecule has 70 heavy (non-hydrogen) atoms. The van der Waals surface area contributed by atoms with E-state index in [1.807, 2.05) is 61.5 Å². The van der Waals surface area contributed by atoms with E-state index in [9.17, 15) is 19.2 Å². The molecule has 0 spiro atoms. The Morgan fingerprint density at radius 1 is 0.500 bits per heavy atom. The zero-order valence-electron chi connectivity index (χ0n) is 40.5. The fraction of sp³-hybridized carbons (Fsp3) is 0.161. The molecule has 0 unspecified atom stereocenters. The summed E-state index contributed by atoms with van der Waals surface area (Å²) in [4.78, 5) is 56.1. The summed E-state index contributed by atoms with van der Waals surface area (Å²) in [7, 11) is 4.12. The molecule has 346 valence electrons. The fourth-order valence-electron chi connectivity index (χ4n) is 10.6. The Balaban J connectivity index is 0.884. The molecule has 2 aliphatic rings. The number of imide groups is 1. The van der Waals surface area contributed by atoms with E-state index in [-0.39, 0.29) is 28.5 Å². The lowest BCUT2D eigenvalue weighted by Crippen LogP contribution is -2.31. The first kappa shape index (κ1) is 45.4. The SMILES string of the molecule is CC(=O)c1ccc(Oc2ccc(C(C)(C)c3ccc(Oc4ccc5c(c4)C(=O)N(c4ccc(C6(c7ccc(N(C)C)c(C)c7)c7ccccc7-c7ccccc76)cc4C)C5=O)cc3)cc2)cc1C(C)=O. The van der Waals surface area contributed by atoms with E-state index in [2.05, 4.69) is 119 Å². The molecular weight excluding hydrogens is 869 g/mol. The first-order valence-electron chi connectivity index (χ1n) is 23.4. The fourth-order valence-corrected chi connectivity index (χ4v) is 10.6. The van der Waals surface area contributed by atoms with Crippen LogP contribution in [0.4, 0.5) is 11.4 Å². The predicted octanol–water partition coefficient (Wildman–Crippen LogP) is 13.8. The van der Waals surface area contributed by atoms with Crippen LogP contribution in [0.2, 0.25) is 0 Å². The maximum atomic E-state index is 14.3. The second-order valence-electron chi connectivity index (χ2n) is 19.1. The van der Waals surface area contributed by atoms with Gasteiger partial charge in [-0.1, -0.05) is 111 Å². The molecule has 0 fully saturated rings. The van der Waals surface area contributed by atoms with Gasteiger partial charge >= 0.3 is 0 Å². The minimum atomic E-state index is -0.646. The highest BCUT2D eigenvalue weighted by atomic mass is 16.5. The summed E-state index contributed by atoms with van der Waals surface area (Å²) in [6.45, 7) is 11.3. The van der Waals surface area contributed by atoms with Crippen LogP contribution in [0, 0.1) is 13.8 Å². The van der Waals surface area contributed by atoms with Gasteiger partial charge in [0, 0.05) is 36.3 Å². The Hall–Kier alpha value is -8.36. The second-order valence-corrected chi connectivity index (χ2v) is 19.1. The van der Waals surface area contributed by atoms with Gasteiger partial charge in [-0.15, -0.1) is 0 Å². The molecule has 0 bridgehead atoms. The summed E-state index contributed by atoms with van der Waals surface area (Å²) < 4.78 is 12.4. The number of carbonyl (C=O) groups is 4. The van der Waals surface area contributed by atoms with Gasteiger partial charge in [0.15, 0.2) is 11.6 Å². The van der Waals surface area contributed by atoms with Gasteiger partial charge in [-0.05, 0) is 156 Å². The molecule has 0 atom stereocenters. The van der Waals surface area contributed by atoms with Crippen LogP contribution in [0.15, 0.2) is 170 Å². The third-order valence-corrected chi connectivity index (χ3v) is 14.2. The number of nitrogens with zero attached hydrogens (tertiary/aromatic N) is 2. The van der Waals surface area contributed by atoms with Gasteiger partial charge in [-0.3, -0.25) is 19.2 Å². The third-order valence-electron chi connectivity index (χ3n) is 14.2. The van der Waals surface area contributed by atoms with Crippen molar-refractivity contribution >= 4 is 34.8 Å². The van der Waals surface area contributed by atoms with Crippen molar-refractivity contribution in [2.75, 3.05) is 23.9 Å². The lowest BCUT2D eigenvalue weighted by Gasteiger charge is -2.35. The Morgan fingerprint density at radius 3 is 1.51 bits per heavy atom. The van der Waals surface area contributed by atoms with Crippen LogP contribution in [0.1, 0.15) is 114 Å². The largest absolute Gasteiger partial charge is 0.457 e. The molecule has 2 amide bonds. The zero-order valence-corrected chi connectivity index (χ0v) is 40.5. The number of rotatable bonds is 12. The van der Waals surface area contributed by atoms with E-state index in [4.69, 9.17) is 9.47 Å². The van der Waals surface area contributed by atoms with Crippen molar-refractivity contribution < 1.29 is 28.7 Å². The van der Waals surface area contributed by atoms with E-state index in [1.54, 1.807) is 36.4 Å². The number of amides is 2. The van der Waals surface area contributed by atoms with Crippen LogP contribution in [0.3, 0.4) is 0 Å². The maximum absolute atomic E-state index is 14.3. The van der Waals surface area contributed by atoms with Crippen molar-refractivity contribution in [2.45, 2.75) is 52.4 Å². The highest BCUT2D eigenvalue weighted by molar-refractivity contribution is 6.34. The van der Waals surface area contributed by atoms with Crippen molar-refractivity contribution in [3.8, 4) is 34.1 Å². The number of benzene rings is 8. The Morgan fingerprint density at radius 2 is 0.986 bits per heavy atom. The summed E-state index contributed by atoms with van der Waals surface area (Å²) in [5.41, 5.74) is 13.0. The third kappa shape index (κ3) is 7.47. The van der Waals surface area contributed by atoms with E-state index < -0.39 is 11.3 Å². The summed E-state index contributed by atoms with van der Waals surface area (Å²) in [6, 6.07) is 55.7. The molecule has 1 heterocycles. The van der Waals surface area contributed by atoms with Crippen molar-refractivity contribution in [3.63, 3.8) is 0 Å². The minimum absolute atomic E-state index is 0.175. The van der Waals surface area contributed by atoms with Gasteiger partial charge < -0.3 is 14.4 Å². The Bertz CT molecular complexity index is 3410. The van der Waals surface area contributed by atoms with Crippen LogP contribution >= 0.6 is 0 Å². The molecule has 8 nitrogen and oxygen atoms in total. The molecular formula is C62H52N2O6. The van der Waals surface area contributed by atoms with E-state index in [1.165, 1.54) is 46.6 Å². The molecule has 8 aromatic carbocycles. The number of fused-ring (bicyclic) bond motifs is 4. The van der Waals surface area contributed by atoms with Crippen LogP contribution in [0.25, 0.3) is 11.1 Å². The molecule has 8 heteroatoms. The standard InChI is InChI=1S/C62H52N2O6/c1-37-33-43(21-31-57(37)63(7)8)62(55-15-11-9-13-50(55)51-14-10-12-16-56(51)62)44-22-32-58(38(2)34-44)64-59(67)52-30-28-48(36-54(52)60(64)68)70-46-25-19-42(20-26-46)61(5,6)41-17-23-45(24-18-41)69-47-27-29-49(39(3)65)53(35-47)40(4)66/h9-36H,1-8H3. The molecule has 0 saturated heterocycles. The van der Waals surface area contributed by atoms with Crippen LogP contribution in [-0.2, 0) is 10.8 Å². The number of anilines is 2. The molecule has 0 aromatic heterocycles. The molecule has 1 aliphatic heterocycles. The topological polar surface area (TPSA) is 93.2 Å². The number of aryl methyl sites for hydroxylation is 2. The number of hydrogen-bond donors (Lipinski definition) is 0. The van der Waals surface area contributed by atoms with Crippen molar-refractivity contribution in [3.05, 3.63) is 237 Å². The highest BCUT2D eigenvalue weighted by Crippen LogP contribution is 2.57. The van der Waals surface area contributed by atoms with E-state index in [0.29, 0.717) is 45.4 Å². The van der Waals surface area contributed by atoms with Gasteiger partial charge in [0.1, 0.15) is 23.0 Å². The normalized spacial score (nSPS) is 13.4. The van der Waals surface area contributed by atoms with Crippen LogP contribution in [0.5, 0.6) is 23.0 Å². The lowest BCUT2D eigenvalue weighted by molar-refractivity contribution is 0.0923. The van der Waals surface area contributed by atoms with E-state index in [0.717, 1.165) is 33.5 Å². The monoisotopic (exact) mass is 920 g/mol. The molecule has 10 rings (SSSR count). The number of ketones is 2. The number of hydrogen-bond acceptors (Lipinski definition) is 7. The van der Waals surface area contributed by atoms with Gasteiger partial charge in [-0.2, -0.15) is 0 Å². The van der Waals surface area contributed by atoms with Crippen molar-refractivity contribution in [1.82, 2.24) is 0 Å². The maximum Gasteiger partial charge on any atom is 0.266 e. The second kappa shape index (κ2) is 17.3. The highest BCUT2D eigenvalue weighted by Gasteiger charge is 2.47. The average molecular weight is 921 g/mol. The number of Topliss-reactive ketones (excluding diaryl/α,β-unsaturated/α-hetero) is 2. The van der Waals surface area contributed by atoms with Crippen molar-refractivity contribution in [2.24, 2.45) is 0 Å². The van der Waals surface area contributed by atoms with Crippen molar-refractivity contribution in [1.29, 1.82) is 0 Å². The van der Waals surface area contributed by atoms with E-state index >= 15 is 0 Å². The Kier molecular flexibility index (Phi) is 11.2. The van der Waals surface area contributed by atoms with Gasteiger partial charge in [0.05, 0.1) is 22.2 Å². The predicted molar refractivity (Wildman–Crippen MR) is 277 cm³/mol. The van der Waals surface area contributed by atoms with Crippen LogP contribution < -0.4 is 19.3 Å². The summed E-state index contributed by atoms with van der Waals surface area (Å²) in [5.74, 6) is 0.946. The van der Waals surface area contributed by atoms with Gasteiger partial charge in [0.25, 0.3) is 11.8 Å². The quantitative estimate of drug-likeness (QED) is 0.0890.